The highest BCUT2D eigenvalue weighted by Crippen LogP contribution is 2.36. The largest absolute Gasteiger partial charge is 0.497 e. The van der Waals surface area contributed by atoms with Crippen molar-refractivity contribution in [3.8, 4) is 5.75 Å². The van der Waals surface area contributed by atoms with Crippen LogP contribution in [0.4, 0.5) is 0 Å². The van der Waals surface area contributed by atoms with Crippen LogP contribution >= 0.6 is 11.8 Å². The standard InChI is InChI=1S/C27H42N2O11S/c1-13(2)16(31)11-17-20(32)22(34)23(35)25(39-17)26(36)29-19-24(38-10-4-9-28)21(33)18(12-30)40-27(19)41-15-7-5-14(37-3)6-8-15/h5-8,13,17-25,27,30,32-35H,4,9-12,28H2,1-3H3,(H,29,36)/t17-,18?,19?,20?,21-,22+,23-,24+,25?,27-/m0/s1. The number of methoxy groups -OCH3 is 1. The number of carbonyl (C=O) groups excluding carboxylic acids is 2. The molecule has 232 valence electrons. The molecule has 2 aliphatic rings. The van der Waals surface area contributed by atoms with Crippen molar-refractivity contribution >= 4 is 23.5 Å². The molecule has 0 radical (unpaired) electrons. The molecule has 1 aromatic rings. The zero-order chi connectivity index (χ0) is 30.3. The Bertz CT molecular complexity index is 985. The number of ketones is 1. The maximum absolute atomic E-state index is 13.5. The monoisotopic (exact) mass is 602 g/mol. The van der Waals surface area contributed by atoms with Crippen molar-refractivity contribution < 1.29 is 54.1 Å². The average molecular weight is 603 g/mol. The van der Waals surface area contributed by atoms with E-state index in [9.17, 15) is 35.1 Å². The highest BCUT2D eigenvalue weighted by molar-refractivity contribution is 7.99. The summed E-state index contributed by atoms with van der Waals surface area (Å²) in [5.74, 6) is -0.865. The molecule has 0 saturated carbocycles. The van der Waals surface area contributed by atoms with Crippen molar-refractivity contribution in [3.05, 3.63) is 24.3 Å². The van der Waals surface area contributed by atoms with Crippen LogP contribution in [0.15, 0.2) is 29.2 Å². The van der Waals surface area contributed by atoms with E-state index in [1.165, 1.54) is 18.9 Å². The predicted molar refractivity (Wildman–Crippen MR) is 147 cm³/mol. The third-order valence-electron chi connectivity index (χ3n) is 7.15. The molecule has 1 aromatic carbocycles. The Morgan fingerprint density at radius 1 is 1.02 bits per heavy atom. The van der Waals surface area contributed by atoms with Gasteiger partial charge in [0.1, 0.15) is 53.6 Å². The Morgan fingerprint density at radius 3 is 2.29 bits per heavy atom. The van der Waals surface area contributed by atoms with Gasteiger partial charge in [0.25, 0.3) is 5.91 Å². The van der Waals surface area contributed by atoms with E-state index in [1.807, 2.05) is 0 Å². The van der Waals surface area contributed by atoms with Crippen LogP contribution < -0.4 is 15.8 Å². The van der Waals surface area contributed by atoms with Gasteiger partial charge in [-0.3, -0.25) is 9.59 Å². The van der Waals surface area contributed by atoms with Crippen molar-refractivity contribution in [1.82, 2.24) is 5.32 Å². The normalized spacial score (nSPS) is 33.9. The van der Waals surface area contributed by atoms with Gasteiger partial charge in [-0.15, -0.1) is 0 Å². The molecule has 2 fully saturated rings. The van der Waals surface area contributed by atoms with Crippen LogP contribution in [0.3, 0.4) is 0 Å². The van der Waals surface area contributed by atoms with Gasteiger partial charge in [-0.2, -0.15) is 0 Å². The predicted octanol–water partition coefficient (Wildman–Crippen LogP) is -1.45. The summed E-state index contributed by atoms with van der Waals surface area (Å²) in [6, 6.07) is 6.00. The van der Waals surface area contributed by atoms with Gasteiger partial charge in [-0.25, -0.2) is 0 Å². The third kappa shape index (κ3) is 8.38. The summed E-state index contributed by atoms with van der Waals surface area (Å²) in [5.41, 5.74) is 4.72. The molecular formula is C27H42N2O11S. The fraction of sp³-hybridized carbons (Fsp3) is 0.704. The maximum atomic E-state index is 13.5. The first kappa shape index (κ1) is 33.6. The third-order valence-corrected chi connectivity index (χ3v) is 8.33. The Kier molecular flexibility index (Phi) is 12.8. The molecule has 2 heterocycles. The van der Waals surface area contributed by atoms with E-state index in [4.69, 9.17) is 24.7 Å². The van der Waals surface area contributed by atoms with E-state index in [1.54, 1.807) is 38.1 Å². The molecule has 4 unspecified atom stereocenters. The number of aliphatic hydroxyl groups is 5. The number of nitrogens with one attached hydrogen (secondary N) is 1. The van der Waals surface area contributed by atoms with Crippen molar-refractivity contribution in [1.29, 1.82) is 0 Å². The number of nitrogens with two attached hydrogens (primary N) is 1. The second kappa shape index (κ2) is 15.6. The minimum atomic E-state index is -1.81. The SMILES string of the molecule is COc1ccc(S[C@@H]2OC(CO)[C@H](O)[C@H](OCCCN)C2NC(=O)C2O[C@@H](CC(=O)C(C)C)C(O)[C@@H](O)[C@@H]2O)cc1. The molecule has 0 spiro atoms. The van der Waals surface area contributed by atoms with E-state index < -0.39 is 72.8 Å². The molecular weight excluding hydrogens is 560 g/mol. The van der Waals surface area contributed by atoms with Crippen LogP contribution in [0.5, 0.6) is 5.75 Å². The van der Waals surface area contributed by atoms with Gasteiger partial charge in [-0.05, 0) is 37.2 Å². The number of carbonyl (C=O) groups is 2. The lowest BCUT2D eigenvalue weighted by atomic mass is 9.90. The summed E-state index contributed by atoms with van der Waals surface area (Å²) in [4.78, 5) is 26.6. The Balaban J connectivity index is 1.88. The Morgan fingerprint density at radius 2 is 1.71 bits per heavy atom. The van der Waals surface area contributed by atoms with Crippen LogP contribution in [0.1, 0.15) is 26.7 Å². The Labute approximate surface area is 243 Å². The minimum Gasteiger partial charge on any atom is -0.497 e. The lowest BCUT2D eigenvalue weighted by Crippen LogP contribution is -2.67. The van der Waals surface area contributed by atoms with Crippen LogP contribution in [-0.2, 0) is 23.8 Å². The number of amides is 1. The van der Waals surface area contributed by atoms with E-state index >= 15 is 0 Å². The molecule has 2 aliphatic heterocycles. The van der Waals surface area contributed by atoms with Gasteiger partial charge in [0.2, 0.25) is 0 Å². The van der Waals surface area contributed by atoms with E-state index in [-0.39, 0.29) is 24.7 Å². The van der Waals surface area contributed by atoms with Gasteiger partial charge in [0, 0.05) is 23.8 Å². The second-order valence-electron chi connectivity index (χ2n) is 10.4. The molecule has 14 heteroatoms. The zero-order valence-corrected chi connectivity index (χ0v) is 24.2. The molecule has 8 N–H and O–H groups in total. The lowest BCUT2D eigenvalue weighted by Gasteiger charge is -2.45. The molecule has 1 amide bonds. The first-order valence-electron chi connectivity index (χ1n) is 13.6. The van der Waals surface area contributed by atoms with Gasteiger partial charge in [0.05, 0.1) is 25.9 Å². The summed E-state index contributed by atoms with van der Waals surface area (Å²) in [5, 5.41) is 55.1. The van der Waals surface area contributed by atoms with E-state index in [2.05, 4.69) is 5.32 Å². The Hall–Kier alpha value is -1.85. The fourth-order valence-electron chi connectivity index (χ4n) is 4.63. The van der Waals surface area contributed by atoms with Gasteiger partial charge in [-0.1, -0.05) is 25.6 Å². The second-order valence-corrected chi connectivity index (χ2v) is 11.6. The smallest absolute Gasteiger partial charge is 0.252 e. The fourth-order valence-corrected chi connectivity index (χ4v) is 5.76. The summed E-state index contributed by atoms with van der Waals surface area (Å²) < 4.78 is 22.8. The molecule has 10 atom stereocenters. The topological polar surface area (TPSA) is 210 Å². The van der Waals surface area contributed by atoms with Gasteiger partial charge < -0.3 is 55.5 Å². The summed E-state index contributed by atoms with van der Waals surface area (Å²) in [6.07, 6.45) is -11.2. The molecule has 0 aromatic heterocycles. The summed E-state index contributed by atoms with van der Waals surface area (Å²) >= 11 is 1.20. The van der Waals surface area contributed by atoms with Crippen molar-refractivity contribution in [2.45, 2.75) is 91.9 Å². The molecule has 13 nitrogen and oxygen atoms in total. The van der Waals surface area contributed by atoms with Crippen LogP contribution in [0.2, 0.25) is 0 Å². The highest BCUT2D eigenvalue weighted by atomic mass is 32.2. The first-order chi connectivity index (χ1) is 19.5. The lowest BCUT2D eigenvalue weighted by molar-refractivity contribution is -0.224. The molecule has 0 bridgehead atoms. The summed E-state index contributed by atoms with van der Waals surface area (Å²) in [7, 11) is 1.54. The summed E-state index contributed by atoms with van der Waals surface area (Å²) in [6.45, 7) is 3.30. The number of thioether (sulfide) groups is 1. The van der Waals surface area contributed by atoms with Crippen LogP contribution in [0.25, 0.3) is 0 Å². The van der Waals surface area contributed by atoms with Gasteiger partial charge >= 0.3 is 0 Å². The minimum absolute atomic E-state index is 0.148. The zero-order valence-electron chi connectivity index (χ0n) is 23.4. The first-order valence-corrected chi connectivity index (χ1v) is 14.5. The van der Waals surface area contributed by atoms with Crippen LogP contribution in [-0.4, -0.2) is 124 Å². The van der Waals surface area contributed by atoms with Crippen molar-refractivity contribution in [2.75, 3.05) is 26.9 Å². The molecule has 3 rings (SSSR count). The van der Waals surface area contributed by atoms with Crippen molar-refractivity contribution in [3.63, 3.8) is 0 Å². The number of Topliss-reactive ketones (excluding diaryl/α,β-unsaturated/α-hetero) is 1. The molecule has 0 aliphatic carbocycles. The number of ether oxygens (including phenoxy) is 4. The number of benzene rings is 1. The maximum Gasteiger partial charge on any atom is 0.252 e. The quantitative estimate of drug-likeness (QED) is 0.129. The number of hydrogen-bond acceptors (Lipinski definition) is 13. The van der Waals surface area contributed by atoms with E-state index in [0.717, 1.165) is 4.90 Å². The number of aliphatic hydroxyl groups excluding tert-OH is 5. The number of hydrogen-bond donors (Lipinski definition) is 7. The van der Waals surface area contributed by atoms with E-state index in [0.29, 0.717) is 18.7 Å². The number of rotatable bonds is 13. The average Bonchev–Trinajstić information content (AvgIpc) is 2.96. The highest BCUT2D eigenvalue weighted by Gasteiger charge is 2.51. The molecule has 41 heavy (non-hydrogen) atoms. The van der Waals surface area contributed by atoms with Gasteiger partial charge in [0.15, 0.2) is 6.10 Å². The van der Waals surface area contributed by atoms with Crippen molar-refractivity contribution in [2.24, 2.45) is 11.7 Å². The van der Waals surface area contributed by atoms with Crippen LogP contribution in [0, 0.1) is 5.92 Å². The molecule has 2 saturated heterocycles.